The summed E-state index contributed by atoms with van der Waals surface area (Å²) < 4.78 is 0. The fourth-order valence-electron chi connectivity index (χ4n) is 16.7. The van der Waals surface area contributed by atoms with Crippen molar-refractivity contribution in [2.75, 3.05) is 9.80 Å². The predicted molar refractivity (Wildman–Crippen MR) is 320 cm³/mol. The number of aromatic nitrogens is 1. The third-order valence-corrected chi connectivity index (χ3v) is 19.6. The quantitative estimate of drug-likeness (QED) is 0.111. The van der Waals surface area contributed by atoms with Gasteiger partial charge in [-0.05, 0) is 107 Å². The number of anilines is 6. The summed E-state index contributed by atoms with van der Waals surface area (Å²) in [5, 5.41) is 3.61. The van der Waals surface area contributed by atoms with Crippen LogP contribution in [0.5, 0.6) is 0 Å². The molecule has 6 aliphatic rings. The molecule has 0 saturated heterocycles. The molecule has 17 rings (SSSR count). The van der Waals surface area contributed by atoms with Crippen molar-refractivity contribution in [3.05, 3.63) is 285 Å². The second-order valence-corrected chi connectivity index (χ2v) is 24.9. The lowest BCUT2D eigenvalue weighted by atomic mass is 9.32. The van der Waals surface area contributed by atoms with Gasteiger partial charge in [0.25, 0.3) is 6.71 Å². The summed E-state index contributed by atoms with van der Waals surface area (Å²) in [5.74, 6) is 0. The standard InChI is InChI=1S/C73H56BN3/c1-69(2,3)68-44-25-9-8-24-43(44)45-42-62-63-67(64(45)75-68)77-61-41-21-19-35-55(61)73(52-32-16-12-28-48(52)71(6,7)49-29-13-17-33-53(49)73)57-37-23-39-59(66(57)77)74(63)58-38-22-36-56-65(58)76(62)60-40-20-18-34-54(60)72(56)50-30-14-10-26-46(50)70(4,5)47-27-11-15-31-51(47)72/h8-42H,1-7H3. The van der Waals surface area contributed by atoms with E-state index in [0.29, 0.717) is 0 Å². The van der Waals surface area contributed by atoms with Crippen molar-refractivity contribution >= 4 is 78.9 Å². The Bertz CT molecular complexity index is 4380. The molecule has 2 aliphatic carbocycles. The van der Waals surface area contributed by atoms with Crippen LogP contribution in [0.25, 0.3) is 21.7 Å². The van der Waals surface area contributed by atoms with Crippen LogP contribution >= 0.6 is 0 Å². The summed E-state index contributed by atoms with van der Waals surface area (Å²) >= 11 is 0. The van der Waals surface area contributed by atoms with Crippen LogP contribution in [0.1, 0.15) is 121 Å². The molecule has 4 heteroatoms. The fraction of sp³-hybridized carbons (Fsp3) is 0.164. The molecule has 10 aromatic carbocycles. The van der Waals surface area contributed by atoms with Gasteiger partial charge in [0.05, 0.1) is 39.1 Å². The van der Waals surface area contributed by atoms with E-state index in [0.717, 1.165) is 11.2 Å². The van der Waals surface area contributed by atoms with Crippen molar-refractivity contribution in [3.8, 4) is 0 Å². The molecular weight excluding hydrogens is 930 g/mol. The van der Waals surface area contributed by atoms with Crippen LogP contribution in [0.4, 0.5) is 34.1 Å². The van der Waals surface area contributed by atoms with Gasteiger partial charge in [0.1, 0.15) is 0 Å². The number of pyridine rings is 1. The van der Waals surface area contributed by atoms with E-state index in [9.17, 15) is 0 Å². The third-order valence-electron chi connectivity index (χ3n) is 19.6. The van der Waals surface area contributed by atoms with E-state index in [-0.39, 0.29) is 23.0 Å². The average molecular weight is 986 g/mol. The molecule has 1 aromatic heterocycles. The van der Waals surface area contributed by atoms with E-state index in [4.69, 9.17) is 4.98 Å². The second-order valence-electron chi connectivity index (χ2n) is 24.9. The fourth-order valence-corrected chi connectivity index (χ4v) is 16.7. The Morgan fingerprint density at radius 3 is 1.19 bits per heavy atom. The number of benzene rings is 10. The highest BCUT2D eigenvalue weighted by Crippen LogP contribution is 2.67. The first-order valence-corrected chi connectivity index (χ1v) is 27.8. The molecule has 0 bridgehead atoms. The molecule has 0 unspecified atom stereocenters. The van der Waals surface area contributed by atoms with Gasteiger partial charge in [0.2, 0.25) is 0 Å². The molecular formula is C73H56BN3. The normalized spacial score (nSPS) is 17.1. The number of para-hydroxylation sites is 4. The van der Waals surface area contributed by atoms with Crippen molar-refractivity contribution in [3.63, 3.8) is 0 Å². The number of nitrogens with zero attached hydrogens (tertiary/aromatic N) is 3. The van der Waals surface area contributed by atoms with Crippen LogP contribution in [-0.2, 0) is 27.1 Å². The van der Waals surface area contributed by atoms with Gasteiger partial charge in [-0.25, -0.2) is 4.98 Å². The van der Waals surface area contributed by atoms with E-state index in [1.807, 2.05) is 0 Å². The predicted octanol–water partition coefficient (Wildman–Crippen LogP) is 15.4. The summed E-state index contributed by atoms with van der Waals surface area (Å²) in [7, 11) is 0. The molecule has 0 fully saturated rings. The summed E-state index contributed by atoms with van der Waals surface area (Å²) in [6.07, 6.45) is 0. The molecule has 3 nitrogen and oxygen atoms in total. The lowest BCUT2D eigenvalue weighted by Gasteiger charge is -2.56. The molecule has 4 aliphatic heterocycles. The van der Waals surface area contributed by atoms with Crippen molar-refractivity contribution in [1.82, 2.24) is 4.98 Å². The van der Waals surface area contributed by atoms with Gasteiger partial charge >= 0.3 is 0 Å². The van der Waals surface area contributed by atoms with E-state index in [1.54, 1.807) is 0 Å². The zero-order valence-corrected chi connectivity index (χ0v) is 44.6. The van der Waals surface area contributed by atoms with Gasteiger partial charge in [-0.2, -0.15) is 0 Å². The lowest BCUT2D eigenvalue weighted by molar-refractivity contribution is 0.556. The average Bonchev–Trinajstić information content (AvgIpc) is 3.27. The van der Waals surface area contributed by atoms with E-state index >= 15 is 0 Å². The van der Waals surface area contributed by atoms with Crippen LogP contribution in [0, 0.1) is 0 Å². The first-order valence-electron chi connectivity index (χ1n) is 27.8. The minimum absolute atomic E-state index is 0.131. The van der Waals surface area contributed by atoms with Crippen molar-refractivity contribution in [1.29, 1.82) is 0 Å². The maximum atomic E-state index is 6.07. The highest BCUT2D eigenvalue weighted by Gasteiger charge is 2.59. The Hall–Kier alpha value is -8.47. The highest BCUT2D eigenvalue weighted by atomic mass is 15.2. The maximum absolute atomic E-state index is 6.07. The molecule has 0 amide bonds. The number of fused-ring (bicyclic) bond motifs is 24. The topological polar surface area (TPSA) is 19.4 Å². The molecule has 77 heavy (non-hydrogen) atoms. The van der Waals surface area contributed by atoms with E-state index in [2.05, 4.69) is 271 Å². The summed E-state index contributed by atoms with van der Waals surface area (Å²) in [6, 6.07) is 82.5. The Morgan fingerprint density at radius 2 is 0.727 bits per heavy atom. The molecule has 0 atom stereocenters. The number of hydrogen-bond donors (Lipinski definition) is 0. The molecule has 11 aromatic rings. The monoisotopic (exact) mass is 985 g/mol. The Morgan fingerprint density at radius 1 is 0.351 bits per heavy atom. The number of hydrogen-bond acceptors (Lipinski definition) is 3. The van der Waals surface area contributed by atoms with Gasteiger partial charge in [0.15, 0.2) is 0 Å². The van der Waals surface area contributed by atoms with Crippen LogP contribution in [-0.4, -0.2) is 11.7 Å². The first-order chi connectivity index (χ1) is 37.4. The van der Waals surface area contributed by atoms with Crippen LogP contribution in [0.2, 0.25) is 0 Å². The molecule has 5 heterocycles. The minimum atomic E-state index is -0.620. The van der Waals surface area contributed by atoms with Crippen molar-refractivity contribution < 1.29 is 0 Å². The largest absolute Gasteiger partial charge is 0.311 e. The second kappa shape index (κ2) is 14.3. The molecule has 366 valence electrons. The summed E-state index contributed by atoms with van der Waals surface area (Å²) in [4.78, 5) is 11.5. The van der Waals surface area contributed by atoms with Crippen LogP contribution < -0.4 is 26.2 Å². The first kappa shape index (κ1) is 43.7. The van der Waals surface area contributed by atoms with Gasteiger partial charge < -0.3 is 9.80 Å². The van der Waals surface area contributed by atoms with Gasteiger partial charge in [-0.3, -0.25) is 0 Å². The number of rotatable bonds is 0. The Kier molecular flexibility index (Phi) is 8.13. The molecule has 0 saturated carbocycles. The third kappa shape index (κ3) is 4.93. The minimum Gasteiger partial charge on any atom is -0.311 e. The van der Waals surface area contributed by atoms with Gasteiger partial charge in [-0.15, -0.1) is 0 Å². The van der Waals surface area contributed by atoms with Crippen LogP contribution in [0.3, 0.4) is 0 Å². The smallest absolute Gasteiger partial charge is 0.252 e. The molecule has 0 N–H and O–H groups in total. The molecule has 2 spiro atoms. The maximum Gasteiger partial charge on any atom is 0.252 e. The van der Waals surface area contributed by atoms with E-state index < -0.39 is 10.8 Å². The van der Waals surface area contributed by atoms with Crippen molar-refractivity contribution in [2.45, 2.75) is 75.5 Å². The molecule has 0 radical (unpaired) electrons. The summed E-state index contributed by atoms with van der Waals surface area (Å²) in [6.45, 7) is 16.5. The van der Waals surface area contributed by atoms with Crippen LogP contribution in [0.15, 0.2) is 212 Å². The SMILES string of the molecule is CC(C)(C)c1nc2c3c4c(cc2c2ccccc12)N1c2ccccc2C2(c5ccccc5C(C)(C)c5ccccc52)c2cccc(c21)B4c1cccc2c1N3c1ccccc1C21c2ccccc2C(C)(C)c2ccccc21. The summed E-state index contributed by atoms with van der Waals surface area (Å²) in [5.41, 5.74) is 27.8. The zero-order valence-electron chi connectivity index (χ0n) is 44.6. The van der Waals surface area contributed by atoms with Gasteiger partial charge in [-0.1, -0.05) is 243 Å². The van der Waals surface area contributed by atoms with Crippen molar-refractivity contribution in [2.24, 2.45) is 0 Å². The highest BCUT2D eigenvalue weighted by molar-refractivity contribution is 7.00. The van der Waals surface area contributed by atoms with E-state index in [1.165, 1.54) is 133 Å². The Labute approximate surface area is 451 Å². The Balaban J connectivity index is 1.08. The van der Waals surface area contributed by atoms with Gasteiger partial charge in [0, 0.05) is 44.1 Å². The zero-order chi connectivity index (χ0) is 51.7. The lowest BCUT2D eigenvalue weighted by Crippen LogP contribution is -2.64.